The maximum atomic E-state index is 12.5. The Hall–Kier alpha value is -3.44. The van der Waals surface area contributed by atoms with Gasteiger partial charge in [0.25, 0.3) is 5.56 Å². The molecule has 0 saturated carbocycles. The van der Waals surface area contributed by atoms with Crippen molar-refractivity contribution in [3.8, 4) is 0 Å². The first kappa shape index (κ1) is 22.1. The first-order chi connectivity index (χ1) is 17.0. The average Bonchev–Trinajstić information content (AvgIpc) is 3.20. The topological polar surface area (TPSA) is 121 Å². The maximum absolute atomic E-state index is 12.5. The van der Waals surface area contributed by atoms with Gasteiger partial charge in [0.1, 0.15) is 17.3 Å². The summed E-state index contributed by atoms with van der Waals surface area (Å²) in [6, 6.07) is 9.32. The van der Waals surface area contributed by atoms with E-state index in [1.807, 2.05) is 30.3 Å². The molecule has 1 aromatic carbocycles. The zero-order valence-electron chi connectivity index (χ0n) is 18.9. The highest BCUT2D eigenvalue weighted by Gasteiger charge is 2.34. The fourth-order valence-electron chi connectivity index (χ4n) is 4.80. The van der Waals surface area contributed by atoms with Crippen LogP contribution in [0.3, 0.4) is 0 Å². The number of nitrogens with zero attached hydrogens (tertiary/aromatic N) is 4. The molecule has 3 aliphatic heterocycles. The van der Waals surface area contributed by atoms with Crippen LogP contribution in [0.2, 0.25) is 0 Å². The number of fused-ring (bicyclic) bond motifs is 2. The molecule has 2 fully saturated rings. The number of cyclic esters (lactones) is 1. The van der Waals surface area contributed by atoms with Crippen LogP contribution in [0, 0.1) is 0 Å². The number of carbonyl (C=O) groups is 2. The van der Waals surface area contributed by atoms with E-state index in [0.717, 1.165) is 48.7 Å². The Bertz CT molecular complexity index is 1370. The van der Waals surface area contributed by atoms with E-state index in [9.17, 15) is 14.4 Å². The number of likely N-dealkylation sites (tertiary alicyclic amines) is 1. The molecule has 180 valence electrons. The third-order valence-electron chi connectivity index (χ3n) is 6.62. The van der Waals surface area contributed by atoms with Crippen molar-refractivity contribution in [3.63, 3.8) is 0 Å². The Morgan fingerprint density at radius 3 is 2.91 bits per heavy atom. The summed E-state index contributed by atoms with van der Waals surface area (Å²) in [5.74, 6) is 0.489. The molecule has 0 spiro atoms. The number of aromatic nitrogens is 3. The summed E-state index contributed by atoms with van der Waals surface area (Å²) in [4.78, 5) is 52.9. The van der Waals surface area contributed by atoms with Gasteiger partial charge in [-0.1, -0.05) is 0 Å². The quantitative estimate of drug-likeness (QED) is 0.539. The van der Waals surface area contributed by atoms with Gasteiger partial charge in [-0.3, -0.25) is 14.5 Å². The zero-order chi connectivity index (χ0) is 23.9. The smallest absolute Gasteiger partial charge is 0.414 e. The van der Waals surface area contributed by atoms with Crippen LogP contribution in [0.1, 0.15) is 24.5 Å². The highest BCUT2D eigenvalue weighted by atomic mass is 32.2. The van der Waals surface area contributed by atoms with Crippen molar-refractivity contribution < 1.29 is 14.3 Å². The van der Waals surface area contributed by atoms with E-state index < -0.39 is 0 Å². The van der Waals surface area contributed by atoms with Crippen molar-refractivity contribution in [2.24, 2.45) is 0 Å². The summed E-state index contributed by atoms with van der Waals surface area (Å²) >= 11 is 1.49. The molecule has 6 rings (SSSR count). The SMILES string of the molecule is O=C1CSc2ccc(N3C[C@@H](CCCN4CC(c5nc6cccnc6[nH]c5=O)C4)OC3=O)cc2N1. The van der Waals surface area contributed by atoms with Crippen LogP contribution < -0.4 is 15.8 Å². The van der Waals surface area contributed by atoms with Gasteiger partial charge in [0, 0.05) is 35.8 Å². The molecule has 0 unspecified atom stereocenters. The number of anilines is 2. The van der Waals surface area contributed by atoms with Crippen LogP contribution in [0.4, 0.5) is 16.2 Å². The summed E-state index contributed by atoms with van der Waals surface area (Å²) in [7, 11) is 0. The second-order valence-corrected chi connectivity index (χ2v) is 10.1. The fourth-order valence-corrected chi connectivity index (χ4v) is 5.59. The Balaban J connectivity index is 0.998. The summed E-state index contributed by atoms with van der Waals surface area (Å²) in [5.41, 5.74) is 3.09. The van der Waals surface area contributed by atoms with E-state index in [2.05, 4.69) is 25.2 Å². The predicted octanol–water partition coefficient (Wildman–Crippen LogP) is 2.57. The zero-order valence-corrected chi connectivity index (χ0v) is 19.7. The lowest BCUT2D eigenvalue weighted by Gasteiger charge is -2.38. The molecular formula is C24H24N6O4S. The molecule has 0 bridgehead atoms. The molecule has 5 heterocycles. The number of H-pyrrole nitrogens is 1. The molecule has 0 radical (unpaired) electrons. The Kier molecular flexibility index (Phi) is 5.65. The normalized spacial score (nSPS) is 20.5. The molecule has 2 saturated heterocycles. The molecule has 0 aliphatic carbocycles. The number of carbonyl (C=O) groups excluding carboxylic acids is 2. The van der Waals surface area contributed by atoms with Gasteiger partial charge in [0.15, 0.2) is 5.65 Å². The summed E-state index contributed by atoms with van der Waals surface area (Å²) in [6.07, 6.45) is 2.76. The minimum Gasteiger partial charge on any atom is -0.444 e. The van der Waals surface area contributed by atoms with Crippen molar-refractivity contribution in [1.29, 1.82) is 0 Å². The third-order valence-corrected chi connectivity index (χ3v) is 7.69. The first-order valence-corrected chi connectivity index (χ1v) is 12.6. The second-order valence-electron chi connectivity index (χ2n) is 9.05. The number of hydrogen-bond acceptors (Lipinski definition) is 8. The molecule has 1 atom stereocenters. The first-order valence-electron chi connectivity index (χ1n) is 11.7. The van der Waals surface area contributed by atoms with Crippen molar-refractivity contribution in [3.05, 3.63) is 52.6 Å². The van der Waals surface area contributed by atoms with Gasteiger partial charge in [-0.05, 0) is 49.7 Å². The molecular weight excluding hydrogens is 468 g/mol. The molecule has 10 nitrogen and oxygen atoms in total. The van der Waals surface area contributed by atoms with Gasteiger partial charge in [0.05, 0.1) is 18.0 Å². The van der Waals surface area contributed by atoms with Crippen molar-refractivity contribution in [2.45, 2.75) is 29.8 Å². The highest BCUT2D eigenvalue weighted by molar-refractivity contribution is 8.00. The minimum atomic E-state index is -0.357. The molecule has 2 N–H and O–H groups in total. The summed E-state index contributed by atoms with van der Waals surface area (Å²) < 4.78 is 5.59. The van der Waals surface area contributed by atoms with Gasteiger partial charge in [-0.2, -0.15) is 0 Å². The predicted molar refractivity (Wildman–Crippen MR) is 132 cm³/mol. The van der Waals surface area contributed by atoms with Gasteiger partial charge >= 0.3 is 6.09 Å². The van der Waals surface area contributed by atoms with Crippen LogP contribution in [0.15, 0.2) is 46.2 Å². The number of nitrogens with one attached hydrogen (secondary N) is 2. The van der Waals surface area contributed by atoms with Gasteiger partial charge in [-0.15, -0.1) is 11.8 Å². The number of thioether (sulfide) groups is 1. The molecule has 2 amide bonds. The van der Waals surface area contributed by atoms with Gasteiger partial charge in [0.2, 0.25) is 5.91 Å². The maximum Gasteiger partial charge on any atom is 0.414 e. The van der Waals surface area contributed by atoms with Crippen LogP contribution in [-0.2, 0) is 9.53 Å². The van der Waals surface area contributed by atoms with Crippen molar-refractivity contribution in [2.75, 3.05) is 42.1 Å². The van der Waals surface area contributed by atoms with E-state index in [1.54, 1.807) is 11.1 Å². The van der Waals surface area contributed by atoms with Gasteiger partial charge < -0.3 is 19.9 Å². The van der Waals surface area contributed by atoms with Gasteiger partial charge in [-0.25, -0.2) is 14.8 Å². The number of ether oxygens (including phenoxy) is 1. The summed E-state index contributed by atoms with van der Waals surface area (Å²) in [6.45, 7) is 2.94. The number of rotatable bonds is 6. The molecule has 3 aromatic rings. The van der Waals surface area contributed by atoms with Crippen LogP contribution in [0.25, 0.3) is 11.2 Å². The van der Waals surface area contributed by atoms with E-state index in [0.29, 0.717) is 29.2 Å². The minimum absolute atomic E-state index is 0.0345. The largest absolute Gasteiger partial charge is 0.444 e. The number of aromatic amines is 1. The monoisotopic (exact) mass is 492 g/mol. The Morgan fingerprint density at radius 1 is 1.14 bits per heavy atom. The van der Waals surface area contributed by atoms with E-state index in [-0.39, 0.29) is 29.6 Å². The molecule has 2 aromatic heterocycles. The average molecular weight is 493 g/mol. The van der Waals surface area contributed by atoms with Crippen molar-refractivity contribution in [1.82, 2.24) is 19.9 Å². The van der Waals surface area contributed by atoms with E-state index in [1.165, 1.54) is 11.8 Å². The lowest BCUT2D eigenvalue weighted by molar-refractivity contribution is -0.113. The van der Waals surface area contributed by atoms with Crippen molar-refractivity contribution >= 4 is 46.3 Å². The second kappa shape index (κ2) is 8.97. The van der Waals surface area contributed by atoms with E-state index >= 15 is 0 Å². The number of amides is 2. The molecule has 35 heavy (non-hydrogen) atoms. The fraction of sp³-hybridized carbons (Fsp3) is 0.375. The number of benzene rings is 1. The van der Waals surface area contributed by atoms with Crippen LogP contribution in [-0.4, -0.2) is 69.9 Å². The van der Waals surface area contributed by atoms with Crippen LogP contribution in [0.5, 0.6) is 0 Å². The summed E-state index contributed by atoms with van der Waals surface area (Å²) in [5, 5.41) is 2.86. The molecule has 3 aliphatic rings. The number of hydrogen-bond donors (Lipinski definition) is 2. The highest BCUT2D eigenvalue weighted by Crippen LogP contribution is 2.35. The molecule has 11 heteroatoms. The third kappa shape index (κ3) is 4.37. The lowest BCUT2D eigenvalue weighted by Crippen LogP contribution is -2.47. The van der Waals surface area contributed by atoms with E-state index in [4.69, 9.17) is 4.74 Å². The standard InChI is InChI=1S/C24H24N6O4S/c31-20-13-35-19-6-5-15(9-18(19)26-20)30-12-16(34-24(30)33)3-2-8-29-10-14(11-29)21-23(32)28-22-17(27-21)4-1-7-25-22/h1,4-7,9,14,16H,2-3,8,10-13H2,(H,26,31)(H,25,28,32)/t16-/m1/s1. The lowest BCUT2D eigenvalue weighted by atomic mass is 9.96. The van der Waals surface area contributed by atoms with Crippen LogP contribution >= 0.6 is 11.8 Å². The Morgan fingerprint density at radius 2 is 2.03 bits per heavy atom. The Labute approximate surface area is 205 Å². The number of pyridine rings is 1.